The number of hydrogen-bond acceptors (Lipinski definition) is 3. The Morgan fingerprint density at radius 3 is 2.40 bits per heavy atom. The van der Waals surface area contributed by atoms with Gasteiger partial charge in [-0.05, 0) is 55.2 Å². The molecule has 0 aliphatic heterocycles. The summed E-state index contributed by atoms with van der Waals surface area (Å²) in [4.78, 5) is 16.6. The SMILES string of the molecule is O=C(C[NH2+]C12CC3CC(CC(C3)C1)C2)Nc1cc(C(F)(F)F)ccc1-n1cncn1. The van der Waals surface area contributed by atoms with Crippen molar-refractivity contribution >= 4 is 11.6 Å². The Morgan fingerprint density at radius 1 is 1.17 bits per heavy atom. The van der Waals surface area contributed by atoms with Crippen LogP contribution in [0, 0.1) is 17.8 Å². The number of nitrogens with one attached hydrogen (secondary N) is 1. The molecule has 0 spiro atoms. The molecule has 1 heterocycles. The van der Waals surface area contributed by atoms with Crippen LogP contribution in [0.15, 0.2) is 30.9 Å². The maximum absolute atomic E-state index is 13.2. The number of anilines is 1. The molecule has 1 aromatic heterocycles. The minimum Gasteiger partial charge on any atom is -0.334 e. The van der Waals surface area contributed by atoms with E-state index in [1.165, 1.54) is 42.7 Å². The van der Waals surface area contributed by atoms with E-state index in [0.717, 1.165) is 49.1 Å². The monoisotopic (exact) mass is 420 g/mol. The third-order valence-corrected chi connectivity index (χ3v) is 7.07. The number of alkyl halides is 3. The Morgan fingerprint density at radius 2 is 1.83 bits per heavy atom. The van der Waals surface area contributed by atoms with Crippen molar-refractivity contribution in [2.45, 2.75) is 50.2 Å². The molecule has 1 amide bonds. The Bertz CT molecular complexity index is 905. The van der Waals surface area contributed by atoms with Crippen LogP contribution in [0.2, 0.25) is 0 Å². The second-order valence-electron chi connectivity index (χ2n) is 9.31. The molecular weight excluding hydrogens is 395 g/mol. The molecule has 4 aliphatic carbocycles. The molecule has 0 radical (unpaired) electrons. The van der Waals surface area contributed by atoms with Crippen molar-refractivity contribution in [3.8, 4) is 5.69 Å². The van der Waals surface area contributed by atoms with Crippen molar-refractivity contribution in [2.75, 3.05) is 11.9 Å². The summed E-state index contributed by atoms with van der Waals surface area (Å²) in [5, 5.41) is 8.82. The van der Waals surface area contributed by atoms with Gasteiger partial charge in [-0.2, -0.15) is 18.3 Å². The lowest BCUT2D eigenvalue weighted by Crippen LogP contribution is -3.00. The smallest absolute Gasteiger partial charge is 0.334 e. The first kappa shape index (κ1) is 19.5. The molecule has 0 unspecified atom stereocenters. The second kappa shape index (κ2) is 7.08. The Kier molecular flexibility index (Phi) is 4.61. The van der Waals surface area contributed by atoms with Crippen molar-refractivity contribution < 1.29 is 23.3 Å². The number of nitrogens with zero attached hydrogens (tertiary/aromatic N) is 3. The molecule has 4 fully saturated rings. The predicted octanol–water partition coefficient (Wildman–Crippen LogP) is 2.76. The summed E-state index contributed by atoms with van der Waals surface area (Å²) in [5.41, 5.74) is -0.246. The fourth-order valence-electron chi connectivity index (χ4n) is 6.28. The van der Waals surface area contributed by atoms with Crippen LogP contribution in [0.1, 0.15) is 44.1 Å². The average molecular weight is 420 g/mol. The van der Waals surface area contributed by atoms with Gasteiger partial charge in [-0.1, -0.05) is 0 Å². The first-order valence-electron chi connectivity index (χ1n) is 10.5. The minimum atomic E-state index is -4.49. The summed E-state index contributed by atoms with van der Waals surface area (Å²) < 4.78 is 40.9. The molecule has 6 rings (SSSR count). The largest absolute Gasteiger partial charge is 0.416 e. The van der Waals surface area contributed by atoms with Gasteiger partial charge in [0.15, 0.2) is 6.54 Å². The molecule has 160 valence electrons. The standard InChI is InChI=1S/C21H24F3N5O/c22-21(23,24)16-1-2-18(29-12-25-11-27-29)17(6-16)28-19(30)10-26-20-7-13-3-14(8-20)5-15(4-13)9-20/h1-2,6,11-15,26H,3-5,7-10H2,(H,28,30)/p+1. The van der Waals surface area contributed by atoms with E-state index in [2.05, 4.69) is 20.7 Å². The van der Waals surface area contributed by atoms with Crippen LogP contribution >= 0.6 is 0 Å². The van der Waals surface area contributed by atoms with E-state index in [1.807, 2.05) is 0 Å². The highest BCUT2D eigenvalue weighted by Gasteiger charge is 2.53. The highest BCUT2D eigenvalue weighted by Crippen LogP contribution is 2.54. The number of rotatable bonds is 5. The van der Waals surface area contributed by atoms with E-state index in [9.17, 15) is 18.0 Å². The molecule has 9 heteroatoms. The maximum Gasteiger partial charge on any atom is 0.416 e. The fraction of sp³-hybridized carbons (Fsp3) is 0.571. The minimum absolute atomic E-state index is 0.0826. The quantitative estimate of drug-likeness (QED) is 0.781. The molecule has 4 saturated carbocycles. The van der Waals surface area contributed by atoms with Gasteiger partial charge in [-0.3, -0.25) is 4.79 Å². The zero-order valence-electron chi connectivity index (χ0n) is 16.5. The number of amides is 1. The van der Waals surface area contributed by atoms with Gasteiger partial charge in [0.25, 0.3) is 5.91 Å². The summed E-state index contributed by atoms with van der Waals surface area (Å²) >= 11 is 0. The van der Waals surface area contributed by atoms with Crippen LogP contribution < -0.4 is 10.6 Å². The average Bonchev–Trinajstić information content (AvgIpc) is 3.19. The molecule has 0 saturated heterocycles. The first-order chi connectivity index (χ1) is 14.3. The van der Waals surface area contributed by atoms with Crippen LogP contribution in [-0.2, 0) is 11.0 Å². The normalized spacial score (nSPS) is 29.9. The zero-order valence-corrected chi connectivity index (χ0v) is 16.5. The van der Waals surface area contributed by atoms with Gasteiger partial charge in [0.05, 0.1) is 22.5 Å². The predicted molar refractivity (Wildman–Crippen MR) is 103 cm³/mol. The van der Waals surface area contributed by atoms with Gasteiger partial charge in [0, 0.05) is 19.3 Å². The van der Waals surface area contributed by atoms with Gasteiger partial charge >= 0.3 is 6.18 Å². The molecule has 3 N–H and O–H groups in total. The summed E-state index contributed by atoms with van der Waals surface area (Å²) in [5.74, 6) is 2.03. The zero-order chi connectivity index (χ0) is 20.9. The molecule has 30 heavy (non-hydrogen) atoms. The molecule has 2 aromatic rings. The van der Waals surface area contributed by atoms with Gasteiger partial charge in [-0.15, -0.1) is 0 Å². The summed E-state index contributed by atoms with van der Waals surface area (Å²) in [6.45, 7) is 0.208. The van der Waals surface area contributed by atoms with E-state index in [0.29, 0.717) is 5.69 Å². The molecular formula is C21H25F3N5O+. The Balaban J connectivity index is 1.32. The number of benzene rings is 1. The summed E-state index contributed by atoms with van der Waals surface area (Å²) in [6, 6.07) is 3.24. The number of nitrogens with two attached hydrogens (primary N) is 1. The highest BCUT2D eigenvalue weighted by molar-refractivity contribution is 5.93. The number of halogens is 3. The van der Waals surface area contributed by atoms with Crippen LogP contribution in [0.3, 0.4) is 0 Å². The van der Waals surface area contributed by atoms with Crippen molar-refractivity contribution in [2.24, 2.45) is 17.8 Å². The van der Waals surface area contributed by atoms with Crippen LogP contribution in [0.25, 0.3) is 5.69 Å². The maximum atomic E-state index is 13.2. The van der Waals surface area contributed by atoms with Crippen LogP contribution in [0.5, 0.6) is 0 Å². The number of aromatic nitrogens is 3. The molecule has 4 aliphatic rings. The van der Waals surface area contributed by atoms with Gasteiger partial charge in [0.2, 0.25) is 0 Å². The Labute approximate surface area is 172 Å². The summed E-state index contributed by atoms with van der Waals surface area (Å²) in [7, 11) is 0. The lowest BCUT2D eigenvalue weighted by molar-refractivity contribution is -0.729. The number of quaternary nitrogens is 1. The van der Waals surface area contributed by atoms with Crippen molar-refractivity contribution in [1.29, 1.82) is 0 Å². The lowest BCUT2D eigenvalue weighted by atomic mass is 9.53. The summed E-state index contributed by atoms with van der Waals surface area (Å²) in [6.07, 6.45) is 5.62. The molecule has 4 bridgehead atoms. The van der Waals surface area contributed by atoms with Crippen molar-refractivity contribution in [3.63, 3.8) is 0 Å². The third-order valence-electron chi connectivity index (χ3n) is 7.07. The van der Waals surface area contributed by atoms with Crippen LogP contribution in [-0.4, -0.2) is 32.8 Å². The number of carbonyl (C=O) groups excluding carboxylic acids is 1. The first-order valence-corrected chi connectivity index (χ1v) is 10.5. The van der Waals surface area contributed by atoms with Crippen LogP contribution in [0.4, 0.5) is 18.9 Å². The lowest BCUT2D eigenvalue weighted by Gasteiger charge is -2.54. The van der Waals surface area contributed by atoms with E-state index >= 15 is 0 Å². The highest BCUT2D eigenvalue weighted by atomic mass is 19.4. The Hall–Kier alpha value is -2.42. The van der Waals surface area contributed by atoms with Crippen molar-refractivity contribution in [1.82, 2.24) is 14.8 Å². The van der Waals surface area contributed by atoms with Gasteiger partial charge < -0.3 is 10.6 Å². The number of hydrogen-bond donors (Lipinski definition) is 2. The van der Waals surface area contributed by atoms with E-state index in [1.54, 1.807) is 0 Å². The van der Waals surface area contributed by atoms with Crippen molar-refractivity contribution in [3.05, 3.63) is 36.4 Å². The molecule has 1 aromatic carbocycles. The van der Waals surface area contributed by atoms with Gasteiger partial charge in [-0.25, -0.2) is 9.67 Å². The number of carbonyl (C=O) groups is 1. The van der Waals surface area contributed by atoms with E-state index in [4.69, 9.17) is 0 Å². The fourth-order valence-corrected chi connectivity index (χ4v) is 6.28. The third kappa shape index (κ3) is 3.71. The molecule has 6 nitrogen and oxygen atoms in total. The molecule has 0 atom stereocenters. The van der Waals surface area contributed by atoms with Gasteiger partial charge in [0.1, 0.15) is 12.7 Å². The van der Waals surface area contributed by atoms with E-state index < -0.39 is 11.7 Å². The second-order valence-corrected chi connectivity index (χ2v) is 9.31. The van der Waals surface area contributed by atoms with E-state index in [-0.39, 0.29) is 23.7 Å². The topological polar surface area (TPSA) is 76.4 Å².